The molecular weight excluding hydrogens is 278 g/mol. The van der Waals surface area contributed by atoms with Crippen molar-refractivity contribution in [2.24, 2.45) is 0 Å². The number of rotatable bonds is 3. The minimum atomic E-state index is 0.701. The third-order valence-electron chi connectivity index (χ3n) is 2.77. The summed E-state index contributed by atoms with van der Waals surface area (Å²) in [6.07, 6.45) is 4.02. The van der Waals surface area contributed by atoms with E-state index in [-0.39, 0.29) is 0 Å². The smallest absolute Gasteiger partial charge is 0.137 e. The molecule has 0 aliphatic carbocycles. The molecule has 3 rings (SSSR count). The van der Waals surface area contributed by atoms with E-state index in [1.807, 2.05) is 47.1 Å². The van der Waals surface area contributed by atoms with Crippen molar-refractivity contribution in [3.8, 4) is 0 Å². The monoisotopic (exact) mass is 289 g/mol. The SMILES string of the molecule is Nc1ccc(Cl)cc1SCc1cn2ccccc2n1. The van der Waals surface area contributed by atoms with Gasteiger partial charge in [-0.15, -0.1) is 11.8 Å². The van der Waals surface area contributed by atoms with E-state index in [1.54, 1.807) is 17.8 Å². The number of imidazole rings is 1. The first-order valence-corrected chi connectivity index (χ1v) is 7.19. The molecule has 3 aromatic rings. The molecule has 0 unspecified atom stereocenters. The fourth-order valence-electron chi connectivity index (χ4n) is 1.84. The van der Waals surface area contributed by atoms with Crippen LogP contribution in [0.25, 0.3) is 5.65 Å². The van der Waals surface area contributed by atoms with Crippen LogP contribution in [0.3, 0.4) is 0 Å². The van der Waals surface area contributed by atoms with Crippen molar-refractivity contribution in [3.05, 3.63) is 59.5 Å². The average molecular weight is 290 g/mol. The van der Waals surface area contributed by atoms with E-state index in [0.29, 0.717) is 5.02 Å². The van der Waals surface area contributed by atoms with Gasteiger partial charge in [-0.25, -0.2) is 4.98 Å². The van der Waals surface area contributed by atoms with Gasteiger partial charge in [-0.05, 0) is 30.3 Å². The summed E-state index contributed by atoms with van der Waals surface area (Å²) in [6.45, 7) is 0. The molecule has 0 bridgehead atoms. The molecule has 0 aliphatic rings. The molecule has 0 saturated carbocycles. The summed E-state index contributed by atoms with van der Waals surface area (Å²) in [4.78, 5) is 5.54. The number of hydrogen-bond donors (Lipinski definition) is 1. The van der Waals surface area contributed by atoms with Crippen LogP contribution in [-0.4, -0.2) is 9.38 Å². The van der Waals surface area contributed by atoms with E-state index < -0.39 is 0 Å². The second kappa shape index (κ2) is 5.15. The molecule has 2 aromatic heterocycles. The van der Waals surface area contributed by atoms with Gasteiger partial charge in [-0.2, -0.15) is 0 Å². The number of halogens is 1. The minimum Gasteiger partial charge on any atom is -0.398 e. The van der Waals surface area contributed by atoms with Crippen LogP contribution in [0, 0.1) is 0 Å². The molecule has 0 fully saturated rings. The summed E-state index contributed by atoms with van der Waals surface area (Å²) in [7, 11) is 0. The Kier molecular flexibility index (Phi) is 3.36. The Labute approximate surface area is 120 Å². The highest BCUT2D eigenvalue weighted by molar-refractivity contribution is 7.98. The predicted molar refractivity (Wildman–Crippen MR) is 80.6 cm³/mol. The number of thioether (sulfide) groups is 1. The van der Waals surface area contributed by atoms with Crippen molar-refractivity contribution in [2.75, 3.05) is 5.73 Å². The van der Waals surface area contributed by atoms with Gasteiger partial charge in [-0.1, -0.05) is 17.7 Å². The van der Waals surface area contributed by atoms with Gasteiger partial charge in [0.15, 0.2) is 0 Å². The molecule has 5 heteroatoms. The summed E-state index contributed by atoms with van der Waals surface area (Å²) in [5.41, 5.74) is 8.65. The fraction of sp³-hybridized carbons (Fsp3) is 0.0714. The Balaban J connectivity index is 1.80. The lowest BCUT2D eigenvalue weighted by molar-refractivity contribution is 1.18. The van der Waals surface area contributed by atoms with Crippen LogP contribution in [0.1, 0.15) is 5.69 Å². The summed E-state index contributed by atoms with van der Waals surface area (Å²) in [6, 6.07) is 11.5. The normalized spacial score (nSPS) is 11.0. The van der Waals surface area contributed by atoms with Crippen molar-refractivity contribution >= 4 is 34.7 Å². The molecular formula is C14H12ClN3S. The lowest BCUT2D eigenvalue weighted by atomic mass is 10.3. The number of benzene rings is 1. The Morgan fingerprint density at radius 3 is 3.00 bits per heavy atom. The van der Waals surface area contributed by atoms with Gasteiger partial charge in [0.2, 0.25) is 0 Å². The molecule has 19 heavy (non-hydrogen) atoms. The van der Waals surface area contributed by atoms with E-state index in [1.165, 1.54) is 0 Å². The maximum atomic E-state index is 5.97. The summed E-state index contributed by atoms with van der Waals surface area (Å²) in [5, 5.41) is 0.701. The van der Waals surface area contributed by atoms with Crippen molar-refractivity contribution in [1.29, 1.82) is 0 Å². The van der Waals surface area contributed by atoms with E-state index in [2.05, 4.69) is 4.98 Å². The van der Waals surface area contributed by atoms with Crippen LogP contribution in [0.15, 0.2) is 53.7 Å². The van der Waals surface area contributed by atoms with Crippen LogP contribution < -0.4 is 5.73 Å². The van der Waals surface area contributed by atoms with Crippen molar-refractivity contribution in [1.82, 2.24) is 9.38 Å². The first-order chi connectivity index (χ1) is 9.22. The zero-order valence-corrected chi connectivity index (χ0v) is 11.7. The van der Waals surface area contributed by atoms with Gasteiger partial charge in [0.05, 0.1) is 5.69 Å². The summed E-state index contributed by atoms with van der Waals surface area (Å²) < 4.78 is 2.01. The molecule has 0 radical (unpaired) electrons. The fourth-order valence-corrected chi connectivity index (χ4v) is 2.97. The Hall–Kier alpha value is -1.65. The molecule has 0 saturated heterocycles. The van der Waals surface area contributed by atoms with Crippen LogP contribution in [0.2, 0.25) is 5.02 Å². The molecule has 0 spiro atoms. The number of nitrogen functional groups attached to an aromatic ring is 1. The largest absolute Gasteiger partial charge is 0.398 e. The van der Waals surface area contributed by atoms with Gasteiger partial charge in [0.1, 0.15) is 5.65 Å². The highest BCUT2D eigenvalue weighted by atomic mass is 35.5. The highest BCUT2D eigenvalue weighted by Gasteiger charge is 2.05. The molecule has 2 heterocycles. The van der Waals surface area contributed by atoms with Crippen LogP contribution >= 0.6 is 23.4 Å². The molecule has 96 valence electrons. The molecule has 0 amide bonds. The van der Waals surface area contributed by atoms with E-state index >= 15 is 0 Å². The molecule has 0 aliphatic heterocycles. The van der Waals surface area contributed by atoms with Gasteiger partial charge >= 0.3 is 0 Å². The lowest BCUT2D eigenvalue weighted by Crippen LogP contribution is -1.89. The Morgan fingerprint density at radius 1 is 1.26 bits per heavy atom. The van der Waals surface area contributed by atoms with Crippen molar-refractivity contribution in [2.45, 2.75) is 10.6 Å². The third-order valence-corrected chi connectivity index (χ3v) is 4.10. The van der Waals surface area contributed by atoms with Gasteiger partial charge in [-0.3, -0.25) is 0 Å². The number of aromatic nitrogens is 2. The van der Waals surface area contributed by atoms with Crippen LogP contribution in [0.4, 0.5) is 5.69 Å². The molecule has 3 nitrogen and oxygen atoms in total. The van der Waals surface area contributed by atoms with Crippen LogP contribution in [0.5, 0.6) is 0 Å². The van der Waals surface area contributed by atoms with E-state index in [9.17, 15) is 0 Å². The first kappa shape index (κ1) is 12.4. The maximum Gasteiger partial charge on any atom is 0.137 e. The summed E-state index contributed by atoms with van der Waals surface area (Å²) in [5.74, 6) is 0.770. The molecule has 0 atom stereocenters. The van der Waals surface area contributed by atoms with Gasteiger partial charge < -0.3 is 10.1 Å². The number of hydrogen-bond acceptors (Lipinski definition) is 3. The zero-order chi connectivity index (χ0) is 13.2. The van der Waals surface area contributed by atoms with Gasteiger partial charge in [0, 0.05) is 33.8 Å². The first-order valence-electron chi connectivity index (χ1n) is 5.83. The number of nitrogens with zero attached hydrogens (tertiary/aromatic N) is 2. The maximum absolute atomic E-state index is 5.97. The topological polar surface area (TPSA) is 43.3 Å². The predicted octanol–water partition coefficient (Wildman–Crippen LogP) is 3.86. The van der Waals surface area contributed by atoms with E-state index in [4.69, 9.17) is 17.3 Å². The minimum absolute atomic E-state index is 0.701. The molecule has 1 aromatic carbocycles. The van der Waals surface area contributed by atoms with Crippen LogP contribution in [-0.2, 0) is 5.75 Å². The Bertz CT molecular complexity index is 691. The number of nitrogens with two attached hydrogens (primary N) is 1. The lowest BCUT2D eigenvalue weighted by Gasteiger charge is -2.04. The molecule has 2 N–H and O–H groups in total. The summed E-state index contributed by atoms with van der Waals surface area (Å²) >= 11 is 7.62. The standard InChI is InChI=1S/C14H12ClN3S/c15-10-4-5-12(16)13(7-10)19-9-11-8-18-6-2-1-3-14(18)17-11/h1-8H,9,16H2. The van der Waals surface area contributed by atoms with Gasteiger partial charge in [0.25, 0.3) is 0 Å². The Morgan fingerprint density at radius 2 is 2.16 bits per heavy atom. The number of pyridine rings is 1. The number of fused-ring (bicyclic) bond motifs is 1. The second-order valence-corrected chi connectivity index (χ2v) is 5.62. The van der Waals surface area contributed by atoms with E-state index in [0.717, 1.165) is 27.7 Å². The zero-order valence-electron chi connectivity index (χ0n) is 10.1. The third kappa shape index (κ3) is 2.69. The number of anilines is 1. The van der Waals surface area contributed by atoms with Crippen molar-refractivity contribution < 1.29 is 0 Å². The average Bonchev–Trinajstić information content (AvgIpc) is 2.82. The second-order valence-electron chi connectivity index (χ2n) is 4.17. The quantitative estimate of drug-likeness (QED) is 0.588. The highest BCUT2D eigenvalue weighted by Crippen LogP contribution is 2.30. The van der Waals surface area contributed by atoms with Crippen molar-refractivity contribution in [3.63, 3.8) is 0 Å².